The number of nitrogens with zero attached hydrogens (tertiary/aromatic N) is 3. The highest BCUT2D eigenvalue weighted by Crippen LogP contribution is 2.27. The van der Waals surface area contributed by atoms with E-state index in [4.69, 9.17) is 0 Å². The lowest BCUT2D eigenvalue weighted by Crippen LogP contribution is -2.27. The van der Waals surface area contributed by atoms with Gasteiger partial charge in [0, 0.05) is 19.4 Å². The van der Waals surface area contributed by atoms with Crippen molar-refractivity contribution in [1.29, 1.82) is 0 Å². The highest BCUT2D eigenvalue weighted by atomic mass is 35.5. The molecule has 3 rings (SSSR count). The summed E-state index contributed by atoms with van der Waals surface area (Å²) in [7, 11) is 1.86. The Hall–Kier alpha value is -1.14. The van der Waals surface area contributed by atoms with Gasteiger partial charge in [-0.25, -0.2) is 4.68 Å². The molecule has 1 aromatic heterocycles. The van der Waals surface area contributed by atoms with Crippen molar-refractivity contribution in [3.63, 3.8) is 0 Å². The monoisotopic (exact) mass is 355 g/mol. The standard InChI is InChI=1S/C17H29N5O.ClH/c1-22-17(20-16(21-22)14-9-11-18-12-10-14)19-15(23)8-7-13-5-3-2-4-6-13;/h13-14,18H,2-12H2,1H3,(H,19,20,21,23);1H. The third kappa shape index (κ3) is 5.18. The summed E-state index contributed by atoms with van der Waals surface area (Å²) in [5.74, 6) is 2.68. The van der Waals surface area contributed by atoms with Crippen LogP contribution < -0.4 is 10.6 Å². The Labute approximate surface area is 150 Å². The van der Waals surface area contributed by atoms with E-state index >= 15 is 0 Å². The van der Waals surface area contributed by atoms with Gasteiger partial charge in [0.1, 0.15) is 0 Å². The van der Waals surface area contributed by atoms with Crippen LogP contribution in [-0.4, -0.2) is 33.8 Å². The Balaban J connectivity index is 0.00000208. The lowest BCUT2D eigenvalue weighted by molar-refractivity contribution is -0.116. The number of hydrogen-bond donors (Lipinski definition) is 2. The summed E-state index contributed by atoms with van der Waals surface area (Å²) < 4.78 is 1.70. The van der Waals surface area contributed by atoms with Gasteiger partial charge in [0.05, 0.1) is 0 Å². The van der Waals surface area contributed by atoms with E-state index in [1.54, 1.807) is 4.68 Å². The fourth-order valence-electron chi connectivity index (χ4n) is 3.76. The van der Waals surface area contributed by atoms with Crippen molar-refractivity contribution in [1.82, 2.24) is 20.1 Å². The number of aryl methyl sites for hydroxylation is 1. The number of piperidine rings is 1. The maximum absolute atomic E-state index is 12.2. The Morgan fingerprint density at radius 3 is 2.62 bits per heavy atom. The molecule has 6 nitrogen and oxygen atoms in total. The number of anilines is 1. The van der Waals surface area contributed by atoms with Crippen molar-refractivity contribution in [3.05, 3.63) is 5.82 Å². The van der Waals surface area contributed by atoms with Crippen LogP contribution in [0.15, 0.2) is 0 Å². The van der Waals surface area contributed by atoms with E-state index in [2.05, 4.69) is 20.7 Å². The first-order valence-corrected chi connectivity index (χ1v) is 9.14. The number of nitrogens with one attached hydrogen (secondary N) is 2. The maximum atomic E-state index is 12.2. The average Bonchev–Trinajstić information content (AvgIpc) is 2.95. The van der Waals surface area contributed by atoms with Crippen molar-refractivity contribution in [2.45, 2.75) is 63.7 Å². The molecule has 2 aliphatic rings. The van der Waals surface area contributed by atoms with Crippen LogP contribution >= 0.6 is 12.4 Å². The smallest absolute Gasteiger partial charge is 0.227 e. The zero-order valence-electron chi connectivity index (χ0n) is 14.6. The molecule has 1 aromatic rings. The maximum Gasteiger partial charge on any atom is 0.227 e. The van der Waals surface area contributed by atoms with Crippen molar-refractivity contribution >= 4 is 24.3 Å². The summed E-state index contributed by atoms with van der Waals surface area (Å²) in [6.45, 7) is 2.04. The molecular formula is C17H30ClN5O. The van der Waals surface area contributed by atoms with Crippen LogP contribution in [-0.2, 0) is 11.8 Å². The largest absolute Gasteiger partial charge is 0.317 e. The lowest BCUT2D eigenvalue weighted by Gasteiger charge is -2.20. The molecule has 0 unspecified atom stereocenters. The van der Waals surface area contributed by atoms with Crippen LogP contribution in [0.25, 0.3) is 0 Å². The molecular weight excluding hydrogens is 326 g/mol. The minimum absolute atomic E-state index is 0. The molecule has 1 saturated heterocycles. The molecule has 0 atom stereocenters. The third-order valence-corrected chi connectivity index (χ3v) is 5.24. The van der Waals surface area contributed by atoms with Gasteiger partial charge in [-0.05, 0) is 38.3 Å². The van der Waals surface area contributed by atoms with E-state index in [0.717, 1.165) is 44.1 Å². The molecule has 0 radical (unpaired) electrons. The molecule has 2 heterocycles. The van der Waals surface area contributed by atoms with E-state index in [1.807, 2.05) is 7.05 Å². The number of carbonyl (C=O) groups is 1. The normalized spacial score (nSPS) is 19.7. The van der Waals surface area contributed by atoms with Gasteiger partial charge < -0.3 is 5.32 Å². The minimum atomic E-state index is 0. The molecule has 24 heavy (non-hydrogen) atoms. The van der Waals surface area contributed by atoms with Gasteiger partial charge >= 0.3 is 0 Å². The number of rotatable bonds is 5. The van der Waals surface area contributed by atoms with Crippen molar-refractivity contribution in [2.24, 2.45) is 13.0 Å². The fraction of sp³-hybridized carbons (Fsp3) is 0.824. The minimum Gasteiger partial charge on any atom is -0.317 e. The van der Waals surface area contributed by atoms with Crippen LogP contribution in [0.5, 0.6) is 0 Å². The van der Waals surface area contributed by atoms with E-state index in [9.17, 15) is 4.79 Å². The molecule has 1 saturated carbocycles. The predicted molar refractivity (Wildman–Crippen MR) is 97.5 cm³/mol. The summed E-state index contributed by atoms with van der Waals surface area (Å²) in [6.07, 6.45) is 10.3. The summed E-state index contributed by atoms with van der Waals surface area (Å²) in [5.41, 5.74) is 0. The van der Waals surface area contributed by atoms with Crippen LogP contribution in [0.3, 0.4) is 0 Å². The molecule has 1 amide bonds. The molecule has 136 valence electrons. The van der Waals surface area contributed by atoms with Gasteiger partial charge in [-0.15, -0.1) is 12.4 Å². The SMILES string of the molecule is Cl.Cn1nc(C2CCNCC2)nc1NC(=O)CCC1CCCCC1. The molecule has 2 N–H and O–H groups in total. The number of aromatic nitrogens is 3. The Bertz CT molecular complexity index is 521. The zero-order valence-corrected chi connectivity index (χ0v) is 15.4. The molecule has 7 heteroatoms. The topological polar surface area (TPSA) is 71.8 Å². The average molecular weight is 356 g/mol. The summed E-state index contributed by atoms with van der Waals surface area (Å²) in [6, 6.07) is 0. The van der Waals surface area contributed by atoms with Gasteiger partial charge in [-0.2, -0.15) is 10.1 Å². The highest BCUT2D eigenvalue weighted by Gasteiger charge is 2.21. The van der Waals surface area contributed by atoms with Crippen molar-refractivity contribution in [3.8, 4) is 0 Å². The van der Waals surface area contributed by atoms with E-state index in [-0.39, 0.29) is 18.3 Å². The van der Waals surface area contributed by atoms with Gasteiger partial charge in [0.25, 0.3) is 0 Å². The van der Waals surface area contributed by atoms with Gasteiger partial charge in [-0.3, -0.25) is 10.1 Å². The Kier molecular flexibility index (Phi) is 7.49. The summed E-state index contributed by atoms with van der Waals surface area (Å²) >= 11 is 0. The summed E-state index contributed by atoms with van der Waals surface area (Å²) in [4.78, 5) is 16.8. The first-order chi connectivity index (χ1) is 11.2. The van der Waals surface area contributed by atoms with Gasteiger partial charge in [-0.1, -0.05) is 32.1 Å². The third-order valence-electron chi connectivity index (χ3n) is 5.24. The van der Waals surface area contributed by atoms with Crippen molar-refractivity contribution < 1.29 is 4.79 Å². The van der Waals surface area contributed by atoms with Crippen molar-refractivity contribution in [2.75, 3.05) is 18.4 Å². The Morgan fingerprint density at radius 1 is 1.21 bits per heavy atom. The number of amides is 1. The summed E-state index contributed by atoms with van der Waals surface area (Å²) in [5, 5.41) is 10.8. The van der Waals surface area contributed by atoms with Crippen LogP contribution in [0.4, 0.5) is 5.95 Å². The van der Waals surface area contributed by atoms with Crippen LogP contribution in [0.2, 0.25) is 0 Å². The quantitative estimate of drug-likeness (QED) is 0.851. The fourth-order valence-corrected chi connectivity index (χ4v) is 3.76. The number of hydrogen-bond acceptors (Lipinski definition) is 4. The van der Waals surface area contributed by atoms with E-state index < -0.39 is 0 Å². The molecule has 1 aliphatic carbocycles. The molecule has 2 fully saturated rings. The van der Waals surface area contributed by atoms with E-state index in [1.165, 1.54) is 32.1 Å². The number of halogens is 1. The Morgan fingerprint density at radius 2 is 1.92 bits per heavy atom. The second-order valence-corrected chi connectivity index (χ2v) is 7.03. The van der Waals surface area contributed by atoms with Gasteiger partial charge in [0.15, 0.2) is 5.82 Å². The van der Waals surface area contributed by atoms with E-state index in [0.29, 0.717) is 18.3 Å². The highest BCUT2D eigenvalue weighted by molar-refractivity contribution is 5.88. The molecule has 0 spiro atoms. The number of carbonyl (C=O) groups excluding carboxylic acids is 1. The van der Waals surface area contributed by atoms with Crippen LogP contribution in [0, 0.1) is 5.92 Å². The molecule has 0 bridgehead atoms. The van der Waals surface area contributed by atoms with Gasteiger partial charge in [0.2, 0.25) is 11.9 Å². The predicted octanol–water partition coefficient (Wildman–Crippen LogP) is 3.00. The lowest BCUT2D eigenvalue weighted by atomic mass is 9.86. The molecule has 0 aromatic carbocycles. The second-order valence-electron chi connectivity index (χ2n) is 7.03. The first kappa shape index (κ1) is 19.2. The second kappa shape index (κ2) is 9.37. The molecule has 1 aliphatic heterocycles. The van der Waals surface area contributed by atoms with Crippen LogP contribution in [0.1, 0.15) is 69.5 Å². The first-order valence-electron chi connectivity index (χ1n) is 9.14. The zero-order chi connectivity index (χ0) is 16.1.